The lowest BCUT2D eigenvalue weighted by molar-refractivity contribution is 0.102. The lowest BCUT2D eigenvalue weighted by Crippen LogP contribution is -2.13. The average Bonchev–Trinajstić information content (AvgIpc) is 2.67. The van der Waals surface area contributed by atoms with E-state index in [2.05, 4.69) is 26.1 Å². The molecule has 28 heavy (non-hydrogen) atoms. The Bertz CT molecular complexity index is 1010. The van der Waals surface area contributed by atoms with E-state index in [9.17, 15) is 9.59 Å². The number of carbonyl (C=O) groups excluding carboxylic acids is 2. The van der Waals surface area contributed by atoms with Crippen LogP contribution in [0.4, 0.5) is 5.69 Å². The molecule has 0 aliphatic heterocycles. The minimum atomic E-state index is -0.192. The number of nitrogens with one attached hydrogen (secondary N) is 1. The highest BCUT2D eigenvalue weighted by atomic mass is 16.1. The zero-order valence-electron chi connectivity index (χ0n) is 16.7. The van der Waals surface area contributed by atoms with Gasteiger partial charge in [0.25, 0.3) is 5.91 Å². The van der Waals surface area contributed by atoms with E-state index in [1.807, 2.05) is 49.4 Å². The standard InChI is InChI=1S/C25H25NO2/c1-17-7-5-9-20(15-17)24(28)26-22-10-6-8-19(16-22)23(27)18-11-13-21(14-12-18)25(2,3)4/h5-16H,1-4H3,(H,26,28). The van der Waals surface area contributed by atoms with Crippen LogP contribution in [0.2, 0.25) is 0 Å². The highest BCUT2D eigenvalue weighted by Crippen LogP contribution is 2.23. The Kier molecular flexibility index (Phi) is 5.46. The van der Waals surface area contributed by atoms with E-state index < -0.39 is 0 Å². The zero-order valence-corrected chi connectivity index (χ0v) is 16.7. The summed E-state index contributed by atoms with van der Waals surface area (Å²) in [4.78, 5) is 25.3. The molecule has 0 saturated heterocycles. The van der Waals surface area contributed by atoms with Gasteiger partial charge in [-0.15, -0.1) is 0 Å². The maximum absolute atomic E-state index is 12.8. The van der Waals surface area contributed by atoms with Crippen molar-refractivity contribution in [1.29, 1.82) is 0 Å². The second-order valence-corrected chi connectivity index (χ2v) is 8.06. The van der Waals surface area contributed by atoms with E-state index >= 15 is 0 Å². The number of hydrogen-bond donors (Lipinski definition) is 1. The van der Waals surface area contributed by atoms with Crippen molar-refractivity contribution in [3.05, 3.63) is 101 Å². The SMILES string of the molecule is Cc1cccc(C(=O)Nc2cccc(C(=O)c3ccc(C(C)(C)C)cc3)c2)c1. The molecule has 0 radical (unpaired) electrons. The number of aryl methyl sites for hydroxylation is 1. The van der Waals surface area contributed by atoms with Crippen molar-refractivity contribution in [2.75, 3.05) is 5.32 Å². The molecule has 3 aromatic carbocycles. The van der Waals surface area contributed by atoms with Gasteiger partial charge in [-0.05, 0) is 42.2 Å². The third-order valence-electron chi connectivity index (χ3n) is 4.68. The average molecular weight is 371 g/mol. The van der Waals surface area contributed by atoms with E-state index in [1.165, 1.54) is 5.56 Å². The highest BCUT2D eigenvalue weighted by molar-refractivity contribution is 6.10. The first-order chi connectivity index (χ1) is 13.2. The van der Waals surface area contributed by atoms with Crippen LogP contribution in [0.3, 0.4) is 0 Å². The molecule has 3 rings (SSSR count). The molecular formula is C25H25NO2. The predicted octanol–water partition coefficient (Wildman–Crippen LogP) is 5.78. The van der Waals surface area contributed by atoms with Gasteiger partial charge in [0.05, 0.1) is 0 Å². The van der Waals surface area contributed by atoms with Crippen molar-refractivity contribution in [3.63, 3.8) is 0 Å². The van der Waals surface area contributed by atoms with Crippen molar-refractivity contribution in [2.45, 2.75) is 33.1 Å². The second-order valence-electron chi connectivity index (χ2n) is 8.06. The molecule has 3 heteroatoms. The summed E-state index contributed by atoms with van der Waals surface area (Å²) >= 11 is 0. The van der Waals surface area contributed by atoms with Gasteiger partial charge in [-0.1, -0.05) is 74.9 Å². The minimum absolute atomic E-state index is 0.0432. The van der Waals surface area contributed by atoms with Crippen molar-refractivity contribution in [1.82, 2.24) is 0 Å². The molecule has 1 N–H and O–H groups in total. The normalized spacial score (nSPS) is 11.1. The van der Waals surface area contributed by atoms with Gasteiger partial charge in [-0.25, -0.2) is 0 Å². The zero-order chi connectivity index (χ0) is 20.3. The number of amides is 1. The molecule has 0 heterocycles. The Morgan fingerprint density at radius 2 is 1.39 bits per heavy atom. The molecule has 0 aliphatic carbocycles. The Hall–Kier alpha value is -3.20. The number of benzene rings is 3. The van der Waals surface area contributed by atoms with Crippen LogP contribution in [0.25, 0.3) is 0 Å². The molecule has 3 nitrogen and oxygen atoms in total. The van der Waals surface area contributed by atoms with Gasteiger partial charge in [-0.2, -0.15) is 0 Å². The smallest absolute Gasteiger partial charge is 0.255 e. The van der Waals surface area contributed by atoms with Crippen molar-refractivity contribution in [2.24, 2.45) is 0 Å². The largest absolute Gasteiger partial charge is 0.322 e. The van der Waals surface area contributed by atoms with Crippen LogP contribution < -0.4 is 5.32 Å². The Morgan fingerprint density at radius 3 is 2.04 bits per heavy atom. The van der Waals surface area contributed by atoms with E-state index in [1.54, 1.807) is 30.3 Å². The number of rotatable bonds is 4. The van der Waals surface area contributed by atoms with Gasteiger partial charge in [0.1, 0.15) is 0 Å². The van der Waals surface area contributed by atoms with Crippen LogP contribution in [-0.4, -0.2) is 11.7 Å². The fourth-order valence-electron chi connectivity index (χ4n) is 3.02. The first-order valence-electron chi connectivity index (χ1n) is 9.37. The summed E-state index contributed by atoms with van der Waals surface area (Å²) in [6, 6.07) is 22.2. The maximum atomic E-state index is 12.8. The van der Waals surface area contributed by atoms with Crippen LogP contribution in [0.5, 0.6) is 0 Å². The molecule has 3 aromatic rings. The van der Waals surface area contributed by atoms with E-state index in [0.29, 0.717) is 22.4 Å². The fraction of sp³-hybridized carbons (Fsp3) is 0.200. The summed E-state index contributed by atoms with van der Waals surface area (Å²) < 4.78 is 0. The Morgan fingerprint density at radius 1 is 0.750 bits per heavy atom. The summed E-state index contributed by atoms with van der Waals surface area (Å²) in [7, 11) is 0. The Labute approximate surface area is 166 Å². The molecule has 1 amide bonds. The summed E-state index contributed by atoms with van der Waals surface area (Å²) in [6.45, 7) is 8.37. The molecule has 0 aliphatic rings. The molecule has 0 unspecified atom stereocenters. The first-order valence-corrected chi connectivity index (χ1v) is 9.37. The van der Waals surface area contributed by atoms with Crippen LogP contribution in [0.15, 0.2) is 72.8 Å². The number of anilines is 1. The molecule has 142 valence electrons. The van der Waals surface area contributed by atoms with E-state index in [0.717, 1.165) is 5.56 Å². The third-order valence-corrected chi connectivity index (χ3v) is 4.68. The van der Waals surface area contributed by atoms with E-state index in [-0.39, 0.29) is 17.1 Å². The van der Waals surface area contributed by atoms with Crippen molar-refractivity contribution in [3.8, 4) is 0 Å². The van der Waals surface area contributed by atoms with E-state index in [4.69, 9.17) is 0 Å². The van der Waals surface area contributed by atoms with Gasteiger partial charge in [-0.3, -0.25) is 9.59 Å². The predicted molar refractivity (Wildman–Crippen MR) is 114 cm³/mol. The lowest BCUT2D eigenvalue weighted by atomic mass is 9.86. The highest BCUT2D eigenvalue weighted by Gasteiger charge is 2.15. The maximum Gasteiger partial charge on any atom is 0.255 e. The molecule has 0 aromatic heterocycles. The summed E-state index contributed by atoms with van der Waals surface area (Å²) in [5.74, 6) is -0.255. The summed E-state index contributed by atoms with van der Waals surface area (Å²) in [6.07, 6.45) is 0. The topological polar surface area (TPSA) is 46.2 Å². The molecule has 0 saturated carbocycles. The van der Waals surface area contributed by atoms with Crippen LogP contribution in [-0.2, 0) is 5.41 Å². The lowest BCUT2D eigenvalue weighted by Gasteiger charge is -2.19. The van der Waals surface area contributed by atoms with Gasteiger partial charge in [0.15, 0.2) is 5.78 Å². The van der Waals surface area contributed by atoms with Gasteiger partial charge in [0, 0.05) is 22.4 Å². The number of hydrogen-bond acceptors (Lipinski definition) is 2. The van der Waals surface area contributed by atoms with Gasteiger partial charge in [0.2, 0.25) is 0 Å². The number of carbonyl (C=O) groups is 2. The van der Waals surface area contributed by atoms with Crippen LogP contribution in [0.1, 0.15) is 58.2 Å². The summed E-state index contributed by atoms with van der Waals surface area (Å²) in [5, 5.41) is 2.87. The monoisotopic (exact) mass is 371 g/mol. The van der Waals surface area contributed by atoms with Gasteiger partial charge >= 0.3 is 0 Å². The number of ketones is 1. The van der Waals surface area contributed by atoms with Crippen molar-refractivity contribution >= 4 is 17.4 Å². The third kappa shape index (κ3) is 4.55. The molecule has 0 spiro atoms. The van der Waals surface area contributed by atoms with Crippen LogP contribution in [0, 0.1) is 6.92 Å². The molecule has 0 fully saturated rings. The molecule has 0 atom stereocenters. The molecule has 0 bridgehead atoms. The molecular weight excluding hydrogens is 346 g/mol. The van der Waals surface area contributed by atoms with Gasteiger partial charge < -0.3 is 5.32 Å². The van der Waals surface area contributed by atoms with Crippen LogP contribution >= 0.6 is 0 Å². The van der Waals surface area contributed by atoms with Crippen molar-refractivity contribution < 1.29 is 9.59 Å². The first kappa shape index (κ1) is 19.6. The Balaban J connectivity index is 1.79. The fourth-order valence-corrected chi connectivity index (χ4v) is 3.02. The second kappa shape index (κ2) is 7.81. The summed E-state index contributed by atoms with van der Waals surface area (Å²) in [5.41, 5.74) is 4.62. The minimum Gasteiger partial charge on any atom is -0.322 e. The quantitative estimate of drug-likeness (QED) is 0.591.